The van der Waals surface area contributed by atoms with E-state index in [4.69, 9.17) is 5.73 Å². The van der Waals surface area contributed by atoms with Gasteiger partial charge in [0.2, 0.25) is 0 Å². The first-order valence-corrected chi connectivity index (χ1v) is 6.03. The molecule has 2 aromatic rings. The first kappa shape index (κ1) is 13.9. The summed E-state index contributed by atoms with van der Waals surface area (Å²) in [4.78, 5) is 14.8. The van der Waals surface area contributed by atoms with Crippen LogP contribution in [0.2, 0.25) is 0 Å². The predicted octanol–water partition coefficient (Wildman–Crippen LogP) is 1.97. The highest BCUT2D eigenvalue weighted by molar-refractivity contribution is 5.69. The molecule has 7 heteroatoms. The number of rotatable bonds is 5. The van der Waals surface area contributed by atoms with E-state index in [1.807, 2.05) is 0 Å². The fourth-order valence-electron chi connectivity index (χ4n) is 1.99. The van der Waals surface area contributed by atoms with Crippen molar-refractivity contribution in [3.8, 4) is 11.3 Å². The summed E-state index contributed by atoms with van der Waals surface area (Å²) in [7, 11) is 1.66. The van der Waals surface area contributed by atoms with Crippen LogP contribution in [0, 0.1) is 10.1 Å². The summed E-state index contributed by atoms with van der Waals surface area (Å²) in [6, 6.07) is 3.17. The lowest BCUT2D eigenvalue weighted by molar-refractivity contribution is -0.384. The Bertz CT molecular complexity index is 650. The van der Waals surface area contributed by atoms with E-state index in [9.17, 15) is 10.1 Å². The Labute approximate surface area is 115 Å². The fourth-order valence-corrected chi connectivity index (χ4v) is 1.99. The molecule has 2 aromatic heterocycles. The zero-order chi connectivity index (χ0) is 14.7. The topological polar surface area (TPSA) is 99.9 Å². The highest BCUT2D eigenvalue weighted by Crippen LogP contribution is 2.29. The molecular weight excluding hydrogens is 258 g/mol. The van der Waals surface area contributed by atoms with Gasteiger partial charge in [-0.25, -0.2) is 0 Å². The maximum absolute atomic E-state index is 11.0. The summed E-state index contributed by atoms with van der Waals surface area (Å²) in [5.41, 5.74) is 7.70. The zero-order valence-corrected chi connectivity index (χ0v) is 11.1. The summed E-state index contributed by atoms with van der Waals surface area (Å²) in [6.07, 6.45) is 5.12. The lowest BCUT2D eigenvalue weighted by atomic mass is 10.1. The van der Waals surface area contributed by atoms with E-state index < -0.39 is 4.92 Å². The molecule has 20 heavy (non-hydrogen) atoms. The molecule has 0 aliphatic carbocycles. The molecule has 2 heterocycles. The van der Waals surface area contributed by atoms with Crippen LogP contribution < -0.4 is 5.73 Å². The quantitative estimate of drug-likeness (QED) is 0.510. The van der Waals surface area contributed by atoms with Gasteiger partial charge in [0.25, 0.3) is 0 Å². The Morgan fingerprint density at radius 1 is 1.65 bits per heavy atom. The summed E-state index contributed by atoms with van der Waals surface area (Å²) in [6.45, 7) is 3.64. The van der Waals surface area contributed by atoms with Gasteiger partial charge in [0.15, 0.2) is 0 Å². The van der Waals surface area contributed by atoms with Gasteiger partial charge >= 0.3 is 5.69 Å². The Morgan fingerprint density at radius 3 is 3.05 bits per heavy atom. The molecule has 0 aliphatic rings. The van der Waals surface area contributed by atoms with Crippen LogP contribution in [-0.4, -0.2) is 19.7 Å². The van der Waals surface area contributed by atoms with Crippen molar-refractivity contribution in [3.63, 3.8) is 0 Å². The maximum Gasteiger partial charge on any atom is 0.314 e. The van der Waals surface area contributed by atoms with E-state index in [2.05, 4.69) is 16.7 Å². The smallest absolute Gasteiger partial charge is 0.314 e. The van der Waals surface area contributed by atoms with Gasteiger partial charge in [-0.2, -0.15) is 5.10 Å². The lowest BCUT2D eigenvalue weighted by Crippen LogP contribution is -2.11. The molecule has 0 aliphatic heterocycles. The molecule has 2 rings (SSSR count). The molecule has 0 bridgehead atoms. The second-order valence-electron chi connectivity index (χ2n) is 4.36. The van der Waals surface area contributed by atoms with Gasteiger partial charge < -0.3 is 5.73 Å². The Kier molecular flexibility index (Phi) is 3.90. The number of nitrogens with zero attached hydrogens (tertiary/aromatic N) is 4. The lowest BCUT2D eigenvalue weighted by Gasteiger charge is -2.10. The molecule has 2 N–H and O–H groups in total. The van der Waals surface area contributed by atoms with Crippen LogP contribution in [0.4, 0.5) is 5.69 Å². The predicted molar refractivity (Wildman–Crippen MR) is 74.8 cm³/mol. The van der Waals surface area contributed by atoms with Crippen molar-refractivity contribution in [3.05, 3.63) is 53.0 Å². The largest absolute Gasteiger partial charge is 0.322 e. The second-order valence-corrected chi connectivity index (χ2v) is 4.36. The molecule has 0 saturated carbocycles. The van der Waals surface area contributed by atoms with Gasteiger partial charge in [0.05, 0.1) is 16.7 Å². The van der Waals surface area contributed by atoms with Gasteiger partial charge in [-0.05, 0) is 18.6 Å². The first-order chi connectivity index (χ1) is 9.54. The van der Waals surface area contributed by atoms with Crippen LogP contribution in [-0.2, 0) is 7.05 Å². The molecule has 0 saturated heterocycles. The normalized spacial score (nSPS) is 12.1. The highest BCUT2D eigenvalue weighted by atomic mass is 16.6. The molecular formula is C13H15N5O2. The standard InChI is InChI=1S/C13H15N5O2/c1-3-4-10(14)11-7-9(5-6-15-11)13-12(18(19)20)8-16-17(13)2/h3,5-8,10H,1,4,14H2,2H3/t10-/m0/s1. The maximum atomic E-state index is 11.0. The SMILES string of the molecule is C=CC[C@H](N)c1cc(-c2c([N+](=O)[O-])cnn2C)ccn1. The van der Waals surface area contributed by atoms with Crippen molar-refractivity contribution < 1.29 is 4.92 Å². The first-order valence-electron chi connectivity index (χ1n) is 6.03. The third-order valence-electron chi connectivity index (χ3n) is 2.97. The van der Waals surface area contributed by atoms with Crippen molar-refractivity contribution in [1.29, 1.82) is 0 Å². The summed E-state index contributed by atoms with van der Waals surface area (Å²) in [5.74, 6) is 0. The average molecular weight is 273 g/mol. The summed E-state index contributed by atoms with van der Waals surface area (Å²) >= 11 is 0. The molecule has 0 amide bonds. The molecule has 0 fully saturated rings. The van der Waals surface area contributed by atoms with E-state index in [1.54, 1.807) is 31.5 Å². The molecule has 0 spiro atoms. The molecule has 0 radical (unpaired) electrons. The Hall–Kier alpha value is -2.54. The number of nitrogens with two attached hydrogens (primary N) is 1. The van der Waals surface area contributed by atoms with Gasteiger partial charge in [-0.1, -0.05) is 6.08 Å². The minimum absolute atomic E-state index is 0.0399. The van der Waals surface area contributed by atoms with Crippen molar-refractivity contribution >= 4 is 5.69 Å². The molecule has 0 aromatic carbocycles. The van der Waals surface area contributed by atoms with E-state index in [0.29, 0.717) is 23.4 Å². The number of pyridine rings is 1. The molecule has 1 atom stereocenters. The van der Waals surface area contributed by atoms with Crippen LogP contribution in [0.1, 0.15) is 18.2 Å². The molecule has 7 nitrogen and oxygen atoms in total. The third-order valence-corrected chi connectivity index (χ3v) is 2.97. The van der Waals surface area contributed by atoms with Gasteiger partial charge in [-0.3, -0.25) is 19.8 Å². The molecule has 104 valence electrons. The summed E-state index contributed by atoms with van der Waals surface area (Å²) < 4.78 is 1.47. The van der Waals surface area contributed by atoms with Crippen LogP contribution in [0.3, 0.4) is 0 Å². The number of aromatic nitrogens is 3. The Balaban J connectivity index is 2.48. The van der Waals surface area contributed by atoms with E-state index in [-0.39, 0.29) is 11.7 Å². The summed E-state index contributed by atoms with van der Waals surface area (Å²) in [5, 5.41) is 15.0. The van der Waals surface area contributed by atoms with Crippen LogP contribution in [0.5, 0.6) is 0 Å². The third kappa shape index (κ3) is 2.57. The van der Waals surface area contributed by atoms with Crippen molar-refractivity contribution in [2.45, 2.75) is 12.5 Å². The van der Waals surface area contributed by atoms with Gasteiger partial charge in [0, 0.05) is 18.8 Å². The van der Waals surface area contributed by atoms with E-state index >= 15 is 0 Å². The van der Waals surface area contributed by atoms with Crippen molar-refractivity contribution in [2.24, 2.45) is 12.8 Å². The number of nitro groups is 1. The van der Waals surface area contributed by atoms with Crippen LogP contribution in [0.25, 0.3) is 11.3 Å². The minimum Gasteiger partial charge on any atom is -0.322 e. The number of hydrogen-bond donors (Lipinski definition) is 1. The van der Waals surface area contributed by atoms with Crippen LogP contribution >= 0.6 is 0 Å². The monoisotopic (exact) mass is 273 g/mol. The van der Waals surface area contributed by atoms with Crippen molar-refractivity contribution in [1.82, 2.24) is 14.8 Å². The number of aryl methyl sites for hydroxylation is 1. The highest BCUT2D eigenvalue weighted by Gasteiger charge is 2.21. The average Bonchev–Trinajstić information content (AvgIpc) is 2.81. The van der Waals surface area contributed by atoms with E-state index in [0.717, 1.165) is 0 Å². The minimum atomic E-state index is -0.452. The van der Waals surface area contributed by atoms with Gasteiger partial charge in [-0.15, -0.1) is 6.58 Å². The Morgan fingerprint density at radius 2 is 2.40 bits per heavy atom. The molecule has 0 unspecified atom stereocenters. The number of hydrogen-bond acceptors (Lipinski definition) is 5. The van der Waals surface area contributed by atoms with Gasteiger partial charge in [0.1, 0.15) is 11.9 Å². The van der Waals surface area contributed by atoms with Crippen LogP contribution in [0.15, 0.2) is 37.2 Å². The second kappa shape index (κ2) is 5.62. The fraction of sp³-hybridized carbons (Fsp3) is 0.231. The zero-order valence-electron chi connectivity index (χ0n) is 11.1. The van der Waals surface area contributed by atoms with E-state index in [1.165, 1.54) is 10.9 Å². The van der Waals surface area contributed by atoms with Crippen molar-refractivity contribution in [2.75, 3.05) is 0 Å².